The van der Waals surface area contributed by atoms with Gasteiger partial charge in [-0.25, -0.2) is 0 Å². The summed E-state index contributed by atoms with van der Waals surface area (Å²) in [5, 5.41) is 3.63. The van der Waals surface area contributed by atoms with Gasteiger partial charge in [0.15, 0.2) is 0 Å². The number of H-pyrrole nitrogens is 1. The molecule has 0 aliphatic rings. The fourth-order valence-corrected chi connectivity index (χ4v) is 7.73. The third-order valence-electron chi connectivity index (χ3n) is 9.72. The molecule has 1 aromatic heterocycles. The first kappa shape index (κ1) is 30.9. The smallest absolute Gasteiger partial charge is 0.0615 e. The van der Waals surface area contributed by atoms with E-state index in [9.17, 15) is 0 Å². The van der Waals surface area contributed by atoms with Crippen LogP contribution in [0.4, 0.5) is 17.1 Å². The lowest BCUT2D eigenvalue weighted by Crippen LogP contribution is -2.09. The SMILES string of the molecule is Brc1c(-c2cccc3ccccc23)[nH]c2ccc(-c3ccc(N(c4ccc(-c5ccccc5)cc4)c4ccc(-c5ccccc5)cc4)cc3)cc12. The minimum absolute atomic E-state index is 1.08. The molecule has 1 heterocycles. The van der Waals surface area contributed by atoms with E-state index in [4.69, 9.17) is 0 Å². The number of benzene rings is 8. The molecule has 0 unspecified atom stereocenters. The van der Waals surface area contributed by atoms with Crippen molar-refractivity contribution in [1.29, 1.82) is 0 Å². The number of rotatable bonds is 7. The molecular weight excluding hydrogens is 684 g/mol. The second kappa shape index (κ2) is 13.3. The van der Waals surface area contributed by atoms with Crippen molar-refractivity contribution in [3.63, 3.8) is 0 Å². The molecule has 0 saturated heterocycles. The van der Waals surface area contributed by atoms with Crippen LogP contribution in [0.5, 0.6) is 0 Å². The molecule has 51 heavy (non-hydrogen) atoms. The van der Waals surface area contributed by atoms with Crippen molar-refractivity contribution in [2.75, 3.05) is 4.90 Å². The van der Waals surface area contributed by atoms with E-state index in [1.807, 2.05) is 0 Å². The quantitative estimate of drug-likeness (QED) is 0.174. The van der Waals surface area contributed by atoms with Crippen LogP contribution >= 0.6 is 15.9 Å². The average molecular weight is 718 g/mol. The Balaban J connectivity index is 1.07. The van der Waals surface area contributed by atoms with E-state index in [0.717, 1.165) is 38.1 Å². The van der Waals surface area contributed by atoms with Gasteiger partial charge in [-0.1, -0.05) is 146 Å². The Bertz CT molecular complexity index is 2520. The van der Waals surface area contributed by atoms with E-state index in [1.54, 1.807) is 0 Å². The van der Waals surface area contributed by atoms with Crippen LogP contribution in [-0.2, 0) is 0 Å². The van der Waals surface area contributed by atoms with Crippen molar-refractivity contribution in [3.8, 4) is 44.6 Å². The molecule has 242 valence electrons. The van der Waals surface area contributed by atoms with Gasteiger partial charge in [0.05, 0.1) is 10.2 Å². The number of nitrogens with one attached hydrogen (secondary N) is 1. The monoisotopic (exact) mass is 716 g/mol. The predicted molar refractivity (Wildman–Crippen MR) is 220 cm³/mol. The number of anilines is 3. The molecule has 9 rings (SSSR count). The van der Waals surface area contributed by atoms with Crippen LogP contribution in [0.3, 0.4) is 0 Å². The first-order valence-corrected chi connectivity index (χ1v) is 18.0. The molecule has 0 aliphatic carbocycles. The molecule has 8 aromatic carbocycles. The highest BCUT2D eigenvalue weighted by atomic mass is 79.9. The lowest BCUT2D eigenvalue weighted by atomic mass is 10.0. The average Bonchev–Trinajstić information content (AvgIpc) is 3.54. The Labute approximate surface area is 306 Å². The zero-order valence-corrected chi connectivity index (χ0v) is 29.4. The van der Waals surface area contributed by atoms with Gasteiger partial charge in [-0.2, -0.15) is 0 Å². The Hall–Kier alpha value is -6.16. The number of hydrogen-bond donors (Lipinski definition) is 1. The van der Waals surface area contributed by atoms with Crippen LogP contribution in [0.1, 0.15) is 0 Å². The maximum Gasteiger partial charge on any atom is 0.0615 e. The summed E-state index contributed by atoms with van der Waals surface area (Å²) in [4.78, 5) is 6.02. The van der Waals surface area contributed by atoms with Crippen LogP contribution in [0.25, 0.3) is 66.3 Å². The highest BCUT2D eigenvalue weighted by Gasteiger charge is 2.16. The van der Waals surface area contributed by atoms with Crippen molar-refractivity contribution in [2.24, 2.45) is 0 Å². The van der Waals surface area contributed by atoms with Gasteiger partial charge in [-0.05, 0) is 109 Å². The number of aromatic nitrogens is 1. The Morgan fingerprint density at radius 3 is 1.39 bits per heavy atom. The molecule has 9 aromatic rings. The minimum Gasteiger partial charge on any atom is -0.354 e. The van der Waals surface area contributed by atoms with E-state index in [0.29, 0.717) is 0 Å². The fraction of sp³-hybridized carbons (Fsp3) is 0. The van der Waals surface area contributed by atoms with Crippen molar-refractivity contribution in [1.82, 2.24) is 4.98 Å². The van der Waals surface area contributed by atoms with E-state index in [1.165, 1.54) is 49.7 Å². The first-order chi connectivity index (χ1) is 25.2. The normalized spacial score (nSPS) is 11.2. The summed E-state index contributed by atoms with van der Waals surface area (Å²) in [5.41, 5.74) is 13.9. The number of halogens is 1. The lowest BCUT2D eigenvalue weighted by molar-refractivity contribution is 1.28. The maximum absolute atomic E-state index is 3.97. The molecule has 3 heteroatoms. The third-order valence-corrected chi connectivity index (χ3v) is 10.5. The highest BCUT2D eigenvalue weighted by Crippen LogP contribution is 2.41. The number of fused-ring (bicyclic) bond motifs is 2. The van der Waals surface area contributed by atoms with Gasteiger partial charge < -0.3 is 9.88 Å². The standard InChI is InChI=1S/C48H33BrN2/c49-47-45-32-39(24-31-46(45)50-48(47)44-17-9-15-38-14-7-8-16-43(38)44)37-22-29-42(30-23-37)51(40-25-18-35(19-26-40)33-10-3-1-4-11-33)41-27-20-36(21-28-41)34-12-5-2-6-13-34/h1-32,50H. The maximum atomic E-state index is 3.97. The van der Waals surface area contributed by atoms with E-state index in [2.05, 4.69) is 220 Å². The van der Waals surface area contributed by atoms with Crippen molar-refractivity contribution >= 4 is 54.7 Å². The topological polar surface area (TPSA) is 19.0 Å². The van der Waals surface area contributed by atoms with Crippen LogP contribution in [0.2, 0.25) is 0 Å². The molecular formula is C48H33BrN2. The van der Waals surface area contributed by atoms with Gasteiger partial charge in [0.1, 0.15) is 0 Å². The molecule has 0 spiro atoms. The second-order valence-electron chi connectivity index (χ2n) is 12.8. The summed E-state index contributed by atoms with van der Waals surface area (Å²) in [7, 11) is 0. The van der Waals surface area contributed by atoms with Crippen molar-refractivity contribution < 1.29 is 0 Å². The summed E-state index contributed by atoms with van der Waals surface area (Å²) in [6.45, 7) is 0. The second-order valence-corrected chi connectivity index (χ2v) is 13.6. The summed E-state index contributed by atoms with van der Waals surface area (Å²) in [6.07, 6.45) is 0. The third kappa shape index (κ3) is 5.92. The fourth-order valence-electron chi connectivity index (χ4n) is 7.08. The zero-order valence-electron chi connectivity index (χ0n) is 27.8. The molecule has 1 N–H and O–H groups in total. The highest BCUT2D eigenvalue weighted by molar-refractivity contribution is 9.10. The summed E-state index contributed by atoms with van der Waals surface area (Å²) in [5.74, 6) is 0. The number of aromatic amines is 1. The van der Waals surface area contributed by atoms with Gasteiger partial charge in [0.25, 0.3) is 0 Å². The van der Waals surface area contributed by atoms with E-state index in [-0.39, 0.29) is 0 Å². The molecule has 0 fully saturated rings. The Morgan fingerprint density at radius 2 is 0.824 bits per heavy atom. The zero-order chi connectivity index (χ0) is 34.1. The van der Waals surface area contributed by atoms with Gasteiger partial charge in [-0.3, -0.25) is 0 Å². The van der Waals surface area contributed by atoms with Crippen molar-refractivity contribution in [3.05, 3.63) is 199 Å². The van der Waals surface area contributed by atoms with Crippen LogP contribution in [0, 0.1) is 0 Å². The minimum atomic E-state index is 1.08. The summed E-state index contributed by atoms with van der Waals surface area (Å²) < 4.78 is 1.08. The largest absolute Gasteiger partial charge is 0.354 e. The molecule has 0 saturated carbocycles. The van der Waals surface area contributed by atoms with Crippen LogP contribution in [-0.4, -0.2) is 4.98 Å². The molecule has 0 aliphatic heterocycles. The van der Waals surface area contributed by atoms with Gasteiger partial charge in [0.2, 0.25) is 0 Å². The van der Waals surface area contributed by atoms with Crippen molar-refractivity contribution in [2.45, 2.75) is 0 Å². The van der Waals surface area contributed by atoms with Gasteiger partial charge in [-0.15, -0.1) is 0 Å². The lowest BCUT2D eigenvalue weighted by Gasteiger charge is -2.26. The van der Waals surface area contributed by atoms with Gasteiger partial charge in [0, 0.05) is 33.5 Å². The first-order valence-electron chi connectivity index (χ1n) is 17.2. The molecule has 2 nitrogen and oxygen atoms in total. The summed E-state index contributed by atoms with van der Waals surface area (Å²) >= 11 is 3.97. The number of hydrogen-bond acceptors (Lipinski definition) is 1. The van der Waals surface area contributed by atoms with Gasteiger partial charge >= 0.3 is 0 Å². The Kier molecular flexibility index (Phi) is 8.04. The summed E-state index contributed by atoms with van der Waals surface area (Å²) in [6, 6.07) is 69.4. The predicted octanol–water partition coefficient (Wildman–Crippen LogP) is 14.2. The molecule has 0 amide bonds. The molecule has 0 atom stereocenters. The Morgan fingerprint density at radius 1 is 0.373 bits per heavy atom. The van der Waals surface area contributed by atoms with Crippen LogP contribution < -0.4 is 4.90 Å². The van der Waals surface area contributed by atoms with E-state index >= 15 is 0 Å². The van der Waals surface area contributed by atoms with Crippen LogP contribution in [0.15, 0.2) is 199 Å². The molecule has 0 radical (unpaired) electrons. The molecule has 0 bridgehead atoms. The van der Waals surface area contributed by atoms with E-state index < -0.39 is 0 Å². The number of nitrogens with zero attached hydrogens (tertiary/aromatic N) is 1.